The van der Waals surface area contributed by atoms with Crippen LogP contribution >= 0.6 is 11.6 Å². The molecule has 1 saturated carbocycles. The Balaban J connectivity index is 1.69. The topological polar surface area (TPSA) is 29.5 Å². The van der Waals surface area contributed by atoms with Crippen LogP contribution in [0.4, 0.5) is 0 Å². The summed E-state index contributed by atoms with van der Waals surface area (Å²) < 4.78 is 5.81. The zero-order valence-electron chi connectivity index (χ0n) is 12.8. The molecular weight excluding hydrogens is 286 g/mol. The van der Waals surface area contributed by atoms with Crippen LogP contribution in [0.5, 0.6) is 0 Å². The number of carbonyl (C=O) groups excluding carboxylic acids is 1. The van der Waals surface area contributed by atoms with Crippen molar-refractivity contribution in [2.75, 3.05) is 13.7 Å². The molecule has 0 N–H and O–H groups in total. The molecule has 1 aromatic rings. The summed E-state index contributed by atoms with van der Waals surface area (Å²) in [5, 5.41) is 0.700. The summed E-state index contributed by atoms with van der Waals surface area (Å²) in [6.07, 6.45) is 1.81. The van der Waals surface area contributed by atoms with Crippen molar-refractivity contribution in [3.05, 3.63) is 34.9 Å². The molecule has 1 amide bonds. The van der Waals surface area contributed by atoms with Gasteiger partial charge in [-0.3, -0.25) is 4.79 Å². The van der Waals surface area contributed by atoms with E-state index in [1.165, 1.54) is 0 Å². The number of carbonyl (C=O) groups is 1. The summed E-state index contributed by atoms with van der Waals surface area (Å²) in [7, 11) is 1.93. The first-order chi connectivity index (χ1) is 9.91. The van der Waals surface area contributed by atoms with Crippen molar-refractivity contribution in [3.63, 3.8) is 0 Å². The Morgan fingerprint density at radius 1 is 1.38 bits per heavy atom. The maximum Gasteiger partial charge on any atom is 0.227 e. The molecule has 0 radical (unpaired) electrons. The molecule has 2 fully saturated rings. The monoisotopic (exact) mass is 307 g/mol. The molecule has 0 aromatic heterocycles. The molecule has 3 nitrogen and oxygen atoms in total. The number of hydrogen-bond acceptors (Lipinski definition) is 2. The van der Waals surface area contributed by atoms with Gasteiger partial charge in [-0.2, -0.15) is 0 Å². The van der Waals surface area contributed by atoms with E-state index in [4.69, 9.17) is 16.3 Å². The lowest BCUT2D eigenvalue weighted by molar-refractivity contribution is -0.166. The average molecular weight is 308 g/mol. The van der Waals surface area contributed by atoms with Crippen molar-refractivity contribution < 1.29 is 9.53 Å². The molecule has 0 spiro atoms. The van der Waals surface area contributed by atoms with E-state index < -0.39 is 0 Å². The second-order valence-corrected chi connectivity index (χ2v) is 7.25. The fourth-order valence-electron chi connectivity index (χ4n) is 4.14. The van der Waals surface area contributed by atoms with Crippen molar-refractivity contribution in [2.45, 2.75) is 38.8 Å². The number of likely N-dealkylation sites (N-methyl/N-ethyl adjacent to an activating group) is 1. The Kier molecular flexibility index (Phi) is 3.74. The van der Waals surface area contributed by atoms with Gasteiger partial charge in [0.25, 0.3) is 0 Å². The van der Waals surface area contributed by atoms with Gasteiger partial charge in [0.2, 0.25) is 5.91 Å². The number of rotatable bonds is 3. The lowest BCUT2D eigenvalue weighted by atomic mass is 9.57. The zero-order valence-corrected chi connectivity index (χ0v) is 13.6. The van der Waals surface area contributed by atoms with Crippen molar-refractivity contribution in [1.82, 2.24) is 4.90 Å². The van der Waals surface area contributed by atoms with E-state index >= 15 is 0 Å². The first kappa shape index (κ1) is 14.9. The quantitative estimate of drug-likeness (QED) is 0.858. The van der Waals surface area contributed by atoms with Gasteiger partial charge in [-0.05, 0) is 24.1 Å². The summed E-state index contributed by atoms with van der Waals surface area (Å²) >= 11 is 5.88. The van der Waals surface area contributed by atoms with E-state index in [0.717, 1.165) is 18.6 Å². The molecule has 1 saturated heterocycles. The number of fused-ring (bicyclic) bond motifs is 1. The van der Waals surface area contributed by atoms with Gasteiger partial charge in [0.1, 0.15) is 0 Å². The number of nitrogens with zero attached hydrogens (tertiary/aromatic N) is 1. The third-order valence-electron chi connectivity index (χ3n) is 5.12. The predicted molar refractivity (Wildman–Crippen MR) is 83.3 cm³/mol. The minimum absolute atomic E-state index is 0.0472. The second-order valence-electron chi connectivity index (χ2n) is 6.82. The van der Waals surface area contributed by atoms with Gasteiger partial charge in [0, 0.05) is 36.1 Å². The summed E-state index contributed by atoms with van der Waals surface area (Å²) in [4.78, 5) is 14.5. The van der Waals surface area contributed by atoms with E-state index in [9.17, 15) is 4.79 Å². The van der Waals surface area contributed by atoms with Crippen LogP contribution in [-0.4, -0.2) is 36.6 Å². The number of amides is 1. The fraction of sp³-hybridized carbons (Fsp3) is 0.588. The van der Waals surface area contributed by atoms with Gasteiger partial charge >= 0.3 is 0 Å². The summed E-state index contributed by atoms with van der Waals surface area (Å²) in [5.41, 5.74) is 1.05. The summed E-state index contributed by atoms with van der Waals surface area (Å²) in [6.45, 7) is 5.24. The first-order valence-corrected chi connectivity index (χ1v) is 7.91. The Morgan fingerprint density at radius 3 is 2.71 bits per heavy atom. The minimum Gasteiger partial charge on any atom is -0.377 e. The predicted octanol–water partition coefficient (Wildman–Crippen LogP) is 3.15. The average Bonchev–Trinajstić information content (AvgIpc) is 2.87. The molecule has 2 aliphatic rings. The first-order valence-electron chi connectivity index (χ1n) is 7.53. The fourth-order valence-corrected chi connectivity index (χ4v) is 4.27. The van der Waals surface area contributed by atoms with Gasteiger partial charge < -0.3 is 9.64 Å². The van der Waals surface area contributed by atoms with E-state index in [1.54, 1.807) is 0 Å². The van der Waals surface area contributed by atoms with Crippen LogP contribution in [0.15, 0.2) is 24.3 Å². The molecule has 21 heavy (non-hydrogen) atoms. The highest BCUT2D eigenvalue weighted by Gasteiger charge is 2.61. The molecule has 3 rings (SSSR count). The number of hydrogen-bond donors (Lipinski definition) is 0. The number of benzene rings is 1. The highest BCUT2D eigenvalue weighted by atomic mass is 35.5. The SMILES string of the molecule is CN(C(=O)Cc1ccc(Cl)cc1)[C@H]1[C@@H]2CCO[C@@H]2C1(C)C. The minimum atomic E-state index is 0.0472. The Labute approximate surface area is 131 Å². The van der Waals surface area contributed by atoms with Gasteiger partial charge in [-0.15, -0.1) is 0 Å². The van der Waals surface area contributed by atoms with Crippen molar-refractivity contribution in [1.29, 1.82) is 0 Å². The highest BCUT2D eigenvalue weighted by Crippen LogP contribution is 2.54. The molecule has 0 bridgehead atoms. The van der Waals surface area contributed by atoms with Crippen molar-refractivity contribution in [3.8, 4) is 0 Å². The molecule has 3 atom stereocenters. The van der Waals surface area contributed by atoms with Gasteiger partial charge in [-0.25, -0.2) is 0 Å². The normalized spacial score (nSPS) is 29.6. The van der Waals surface area contributed by atoms with Crippen LogP contribution in [0.3, 0.4) is 0 Å². The summed E-state index contributed by atoms with van der Waals surface area (Å²) in [6, 6.07) is 7.78. The standard InChI is InChI=1S/C17H22ClNO2/c1-17(2)15(13-8-9-21-16(13)17)19(3)14(20)10-11-4-6-12(18)7-5-11/h4-7,13,15-16H,8-10H2,1-3H3/t13-,15-,16-/m0/s1. The Bertz CT molecular complexity index is 540. The van der Waals surface area contributed by atoms with Crippen LogP contribution in [0, 0.1) is 11.3 Å². The van der Waals surface area contributed by atoms with Crippen molar-refractivity contribution in [2.24, 2.45) is 11.3 Å². The van der Waals surface area contributed by atoms with Gasteiger partial charge in [0.05, 0.1) is 12.5 Å². The smallest absolute Gasteiger partial charge is 0.227 e. The molecule has 1 aliphatic heterocycles. The van der Waals surface area contributed by atoms with Gasteiger partial charge in [-0.1, -0.05) is 37.6 Å². The lowest BCUT2D eigenvalue weighted by Crippen LogP contribution is -2.67. The molecule has 4 heteroatoms. The number of ether oxygens (including phenoxy) is 1. The van der Waals surface area contributed by atoms with E-state index in [-0.39, 0.29) is 17.4 Å². The highest BCUT2D eigenvalue weighted by molar-refractivity contribution is 6.30. The lowest BCUT2D eigenvalue weighted by Gasteiger charge is -2.57. The molecule has 1 heterocycles. The maximum atomic E-state index is 12.6. The third kappa shape index (κ3) is 2.47. The molecular formula is C17H22ClNO2. The maximum absolute atomic E-state index is 12.6. The Hall–Kier alpha value is -1.06. The zero-order chi connectivity index (χ0) is 15.2. The second kappa shape index (κ2) is 5.29. The van der Waals surface area contributed by atoms with Crippen LogP contribution in [0.25, 0.3) is 0 Å². The van der Waals surface area contributed by atoms with Crippen LogP contribution in [0.2, 0.25) is 5.02 Å². The van der Waals surface area contributed by atoms with Crippen LogP contribution < -0.4 is 0 Å². The van der Waals surface area contributed by atoms with Crippen LogP contribution in [0.1, 0.15) is 25.8 Å². The van der Waals surface area contributed by atoms with E-state index in [0.29, 0.717) is 23.5 Å². The molecule has 1 aliphatic carbocycles. The van der Waals surface area contributed by atoms with Crippen molar-refractivity contribution >= 4 is 17.5 Å². The van der Waals surface area contributed by atoms with E-state index in [2.05, 4.69) is 13.8 Å². The number of halogens is 1. The summed E-state index contributed by atoms with van der Waals surface area (Å²) in [5.74, 6) is 0.667. The van der Waals surface area contributed by atoms with Gasteiger partial charge in [0.15, 0.2) is 0 Å². The van der Waals surface area contributed by atoms with E-state index in [1.807, 2.05) is 36.2 Å². The molecule has 0 unspecified atom stereocenters. The molecule has 114 valence electrons. The third-order valence-corrected chi connectivity index (χ3v) is 5.37. The largest absolute Gasteiger partial charge is 0.377 e. The Morgan fingerprint density at radius 2 is 2.05 bits per heavy atom. The molecule has 1 aromatic carbocycles. The van der Waals surface area contributed by atoms with Crippen LogP contribution in [-0.2, 0) is 16.0 Å².